The maximum Gasteiger partial charge on any atom is 0.234 e. The molecule has 1 aliphatic heterocycles. The second kappa shape index (κ2) is 10.8. The molecule has 0 spiro atoms. The minimum Gasteiger partial charge on any atom is -0.508 e. The number of aromatic hydroxyl groups is 1. The summed E-state index contributed by atoms with van der Waals surface area (Å²) in [6.45, 7) is 10.3. The fourth-order valence-corrected chi connectivity index (χ4v) is 5.25. The predicted octanol–water partition coefficient (Wildman–Crippen LogP) is 7.82. The van der Waals surface area contributed by atoms with Gasteiger partial charge < -0.3 is 9.58 Å². The third kappa shape index (κ3) is 4.66. The molecule has 1 aliphatic rings. The Kier molecular flexibility index (Phi) is 7.78. The number of nitrogens with zero attached hydrogens (tertiary/aromatic N) is 2. The van der Waals surface area contributed by atoms with Crippen LogP contribution in [0.2, 0.25) is 0 Å². The molecule has 2 radical (unpaired) electrons. The molecule has 2 aromatic carbocycles. The van der Waals surface area contributed by atoms with Crippen molar-refractivity contribution >= 4 is 25.3 Å². The van der Waals surface area contributed by atoms with Gasteiger partial charge in [-0.25, -0.2) is 22.6 Å². The second-order valence-corrected chi connectivity index (χ2v) is 9.62. The predicted molar refractivity (Wildman–Crippen MR) is 149 cm³/mol. The fraction of sp³-hybridized carbons (Fsp3) is 0.258. The zero-order chi connectivity index (χ0) is 28.8. The lowest BCUT2D eigenvalue weighted by Gasteiger charge is -2.18. The first-order chi connectivity index (χ1) is 18.4. The van der Waals surface area contributed by atoms with Crippen LogP contribution < -0.4 is 0 Å². The molecule has 0 unspecified atom stereocenters. The third-order valence-corrected chi connectivity index (χ3v) is 7.44. The fourth-order valence-electron chi connectivity index (χ4n) is 5.25. The van der Waals surface area contributed by atoms with E-state index < -0.39 is 34.4 Å². The van der Waals surface area contributed by atoms with Crippen LogP contribution in [0.1, 0.15) is 66.4 Å². The van der Waals surface area contributed by atoms with E-state index in [2.05, 4.69) is 0 Å². The Balaban J connectivity index is 2.11. The van der Waals surface area contributed by atoms with E-state index in [-0.39, 0.29) is 22.7 Å². The van der Waals surface area contributed by atoms with Gasteiger partial charge in [0.2, 0.25) is 7.98 Å². The van der Waals surface area contributed by atoms with Crippen molar-refractivity contribution in [1.29, 1.82) is 0 Å². The molecular weight excluding hydrogens is 503 g/mol. The molecule has 0 aliphatic carbocycles. The molecular formula is C31H29BF4N2O. The van der Waals surface area contributed by atoms with Crippen molar-refractivity contribution in [3.05, 3.63) is 110 Å². The zero-order valence-corrected chi connectivity index (χ0v) is 22.8. The first-order valence-corrected chi connectivity index (χ1v) is 12.7. The molecule has 1 aromatic heterocycles. The number of halogens is 4. The Bertz CT molecular complexity index is 1580. The standard InChI is InChI=1S/C31H29BF4N2O/c1-7-21-16(4)31(38(32)18(21)6)25(24-26(33)17(5)27(34)29(36)28(24)35)30-15(3)22(8-2)23(37-30)14-11-19-9-12-20(39)13-10-19/h9-14,39H,7-8H2,1-6H3/b14-11+,30-25-. The van der Waals surface area contributed by atoms with E-state index in [1.165, 1.54) is 4.48 Å². The first-order valence-electron chi connectivity index (χ1n) is 12.7. The molecule has 0 amide bonds. The maximum atomic E-state index is 15.7. The highest BCUT2D eigenvalue weighted by Gasteiger charge is 2.33. The van der Waals surface area contributed by atoms with E-state index in [4.69, 9.17) is 13.0 Å². The largest absolute Gasteiger partial charge is 0.508 e. The Morgan fingerprint density at radius 1 is 0.872 bits per heavy atom. The highest BCUT2D eigenvalue weighted by molar-refractivity contribution is 6.15. The zero-order valence-electron chi connectivity index (χ0n) is 22.8. The van der Waals surface area contributed by atoms with Crippen LogP contribution in [0, 0.1) is 44.0 Å². The SMILES string of the molecule is [B]n1c(C)c(CC)c(C)c1/C(=C1N=C(/C=C/c2ccc(O)cc2)C(CC)=C\1C)c1c(F)c(C)c(F)c(F)c1F. The summed E-state index contributed by atoms with van der Waals surface area (Å²) in [4.78, 5) is 4.79. The van der Waals surface area contributed by atoms with Gasteiger partial charge in [-0.3, -0.25) is 0 Å². The van der Waals surface area contributed by atoms with Crippen molar-refractivity contribution in [1.82, 2.24) is 4.48 Å². The van der Waals surface area contributed by atoms with Gasteiger partial charge in [-0.15, -0.1) is 0 Å². The molecule has 0 atom stereocenters. The summed E-state index contributed by atoms with van der Waals surface area (Å²) >= 11 is 0. The number of aliphatic imine (C=N–C) groups is 1. The molecule has 39 heavy (non-hydrogen) atoms. The molecule has 200 valence electrons. The highest BCUT2D eigenvalue weighted by atomic mass is 19.2. The van der Waals surface area contributed by atoms with Crippen molar-refractivity contribution < 1.29 is 22.7 Å². The highest BCUT2D eigenvalue weighted by Crippen LogP contribution is 2.43. The lowest BCUT2D eigenvalue weighted by molar-refractivity contribution is 0.426. The van der Waals surface area contributed by atoms with E-state index in [9.17, 15) is 13.9 Å². The number of phenolic OH excluding ortho intramolecular Hbond substituents is 1. The van der Waals surface area contributed by atoms with Crippen LogP contribution in [-0.4, -0.2) is 23.3 Å². The monoisotopic (exact) mass is 532 g/mol. The van der Waals surface area contributed by atoms with Crippen molar-refractivity contribution in [3.63, 3.8) is 0 Å². The molecule has 2 heterocycles. The average Bonchev–Trinajstić information content (AvgIpc) is 3.34. The molecule has 8 heteroatoms. The van der Waals surface area contributed by atoms with Crippen LogP contribution >= 0.6 is 0 Å². The van der Waals surface area contributed by atoms with Crippen LogP contribution in [0.3, 0.4) is 0 Å². The summed E-state index contributed by atoms with van der Waals surface area (Å²) in [7, 11) is 6.46. The number of hydrogen-bond acceptors (Lipinski definition) is 2. The number of benzene rings is 2. The smallest absolute Gasteiger partial charge is 0.234 e. The second-order valence-electron chi connectivity index (χ2n) is 9.62. The van der Waals surface area contributed by atoms with E-state index in [0.29, 0.717) is 35.4 Å². The lowest BCUT2D eigenvalue weighted by Crippen LogP contribution is -2.11. The van der Waals surface area contributed by atoms with Gasteiger partial charge in [-0.1, -0.05) is 32.1 Å². The number of phenols is 1. The van der Waals surface area contributed by atoms with Crippen molar-refractivity contribution in [2.75, 3.05) is 0 Å². The number of aromatic nitrogens is 1. The van der Waals surface area contributed by atoms with Gasteiger partial charge >= 0.3 is 0 Å². The summed E-state index contributed by atoms with van der Waals surface area (Å²) in [6.07, 6.45) is 4.76. The molecule has 1 N–H and O–H groups in total. The van der Waals surface area contributed by atoms with Crippen LogP contribution in [0.25, 0.3) is 11.6 Å². The molecule has 0 fully saturated rings. The minimum absolute atomic E-state index is 0.0358. The first kappa shape index (κ1) is 28.2. The molecule has 0 saturated heterocycles. The van der Waals surface area contributed by atoms with Gasteiger partial charge in [-0.2, -0.15) is 0 Å². The number of allylic oxidation sites excluding steroid dienone is 3. The Morgan fingerprint density at radius 2 is 1.51 bits per heavy atom. The molecule has 0 bridgehead atoms. The van der Waals surface area contributed by atoms with Gasteiger partial charge in [0, 0.05) is 22.5 Å². The number of hydrogen-bond donors (Lipinski definition) is 1. The minimum atomic E-state index is -1.76. The summed E-state index contributed by atoms with van der Waals surface area (Å²) < 4.78 is 61.7. The third-order valence-electron chi connectivity index (χ3n) is 7.44. The van der Waals surface area contributed by atoms with Gasteiger partial charge in [0.15, 0.2) is 17.5 Å². The summed E-state index contributed by atoms with van der Waals surface area (Å²) in [5.74, 6) is -6.04. The Hall–Kier alpha value is -3.81. The van der Waals surface area contributed by atoms with Crippen LogP contribution in [0.15, 0.2) is 52.2 Å². The van der Waals surface area contributed by atoms with E-state index in [1.807, 2.05) is 19.9 Å². The molecule has 0 saturated carbocycles. The van der Waals surface area contributed by atoms with Gasteiger partial charge in [-0.05, 0) is 86.6 Å². The molecule has 3 aromatic rings. The van der Waals surface area contributed by atoms with Gasteiger partial charge in [0.05, 0.1) is 17.0 Å². The van der Waals surface area contributed by atoms with Crippen molar-refractivity contribution in [2.45, 2.75) is 54.4 Å². The molecule has 3 nitrogen and oxygen atoms in total. The van der Waals surface area contributed by atoms with Crippen LogP contribution in [-0.2, 0) is 6.42 Å². The lowest BCUT2D eigenvalue weighted by atomic mass is 9.90. The molecule has 4 rings (SSSR count). The summed E-state index contributed by atoms with van der Waals surface area (Å²) in [5.41, 5.74) is 4.25. The summed E-state index contributed by atoms with van der Waals surface area (Å²) in [6, 6.07) is 6.59. The number of rotatable bonds is 6. The Labute approximate surface area is 227 Å². The average molecular weight is 532 g/mol. The van der Waals surface area contributed by atoms with Crippen molar-refractivity contribution in [3.8, 4) is 5.75 Å². The van der Waals surface area contributed by atoms with E-state index >= 15 is 8.78 Å². The van der Waals surface area contributed by atoms with Crippen LogP contribution in [0.5, 0.6) is 5.75 Å². The maximum absolute atomic E-state index is 15.7. The normalized spacial score (nSPS) is 15.1. The van der Waals surface area contributed by atoms with Gasteiger partial charge in [0.1, 0.15) is 11.6 Å². The Morgan fingerprint density at radius 3 is 2.08 bits per heavy atom. The van der Waals surface area contributed by atoms with Gasteiger partial charge in [0.25, 0.3) is 0 Å². The topological polar surface area (TPSA) is 37.5 Å². The van der Waals surface area contributed by atoms with Crippen molar-refractivity contribution in [2.24, 2.45) is 4.99 Å². The van der Waals surface area contributed by atoms with E-state index in [1.54, 1.807) is 51.1 Å². The summed E-state index contributed by atoms with van der Waals surface area (Å²) in [5, 5.41) is 9.56. The van der Waals surface area contributed by atoms with E-state index in [0.717, 1.165) is 23.6 Å². The van der Waals surface area contributed by atoms with Crippen LogP contribution in [0.4, 0.5) is 17.6 Å². The quantitative estimate of drug-likeness (QED) is 0.150.